The molecule has 0 amide bonds. The van der Waals surface area contributed by atoms with Gasteiger partial charge in [0.05, 0.1) is 0 Å². The van der Waals surface area contributed by atoms with Crippen LogP contribution < -0.4 is 9.44 Å². The van der Waals surface area contributed by atoms with Crippen molar-refractivity contribution in [3.05, 3.63) is 58.2 Å². The fourth-order valence-electron chi connectivity index (χ4n) is 3.57. The zero-order chi connectivity index (χ0) is 27.3. The van der Waals surface area contributed by atoms with Crippen LogP contribution in [0, 0.1) is 58.2 Å². The Morgan fingerprint density at radius 1 is 0.444 bits per heavy atom. The molecule has 0 aromatic heterocycles. The van der Waals surface area contributed by atoms with Gasteiger partial charge in [0.15, 0.2) is 56.3 Å². The molecule has 6 nitrogen and oxygen atoms in total. The van der Waals surface area contributed by atoms with E-state index in [1.807, 2.05) is 0 Å². The van der Waals surface area contributed by atoms with E-state index in [-0.39, 0.29) is 25.7 Å². The van der Waals surface area contributed by atoms with Gasteiger partial charge in [0.25, 0.3) is 0 Å². The second-order valence-electron chi connectivity index (χ2n) is 7.54. The minimum absolute atomic E-state index is 0.130. The summed E-state index contributed by atoms with van der Waals surface area (Å²) >= 11 is 0. The molecule has 2 atom stereocenters. The predicted octanol–water partition coefficient (Wildman–Crippen LogP) is 3.65. The minimum Gasteiger partial charge on any atom is -0.207 e. The molecule has 0 saturated heterocycles. The Morgan fingerprint density at radius 3 is 0.917 bits per heavy atom. The van der Waals surface area contributed by atoms with Gasteiger partial charge in [0, 0.05) is 12.1 Å². The maximum absolute atomic E-state index is 14.0. The normalized spacial score (nSPS) is 19.1. The molecule has 36 heavy (non-hydrogen) atoms. The zero-order valence-corrected chi connectivity index (χ0v) is 18.8. The quantitative estimate of drug-likeness (QED) is 0.313. The van der Waals surface area contributed by atoms with Crippen LogP contribution in [0.25, 0.3) is 0 Å². The first-order valence-corrected chi connectivity index (χ1v) is 12.6. The van der Waals surface area contributed by atoms with Crippen LogP contribution in [0.2, 0.25) is 0 Å². The SMILES string of the molecule is O=S(=O)(N[C@@H]1CCCC[C@H]1NS(=O)(=O)c1c(F)c(F)c(F)c(F)c1F)c1c(F)c(F)c(F)c(F)c1F. The lowest BCUT2D eigenvalue weighted by Crippen LogP contribution is -2.53. The summed E-state index contributed by atoms with van der Waals surface area (Å²) in [5, 5.41) is 0. The largest absolute Gasteiger partial charge is 0.246 e. The van der Waals surface area contributed by atoms with Crippen molar-refractivity contribution >= 4 is 20.0 Å². The summed E-state index contributed by atoms with van der Waals surface area (Å²) < 4.78 is 189. The van der Waals surface area contributed by atoms with E-state index in [1.165, 1.54) is 0 Å². The summed E-state index contributed by atoms with van der Waals surface area (Å²) in [6.45, 7) is 0. The molecule has 3 rings (SSSR count). The summed E-state index contributed by atoms with van der Waals surface area (Å²) in [6, 6.07) is -3.40. The molecule has 1 aliphatic rings. The van der Waals surface area contributed by atoms with Crippen LogP contribution in [0.3, 0.4) is 0 Å². The fourth-order valence-corrected chi connectivity index (χ4v) is 6.47. The first-order valence-electron chi connectivity index (χ1n) is 9.60. The summed E-state index contributed by atoms with van der Waals surface area (Å²) in [5.74, 6) is -26.5. The van der Waals surface area contributed by atoms with Gasteiger partial charge in [0.1, 0.15) is 0 Å². The van der Waals surface area contributed by atoms with E-state index < -0.39 is 100 Å². The van der Waals surface area contributed by atoms with E-state index >= 15 is 0 Å². The first kappa shape index (κ1) is 28.1. The average Bonchev–Trinajstić information content (AvgIpc) is 2.79. The highest BCUT2D eigenvalue weighted by atomic mass is 32.2. The Hall–Kier alpha value is -2.44. The van der Waals surface area contributed by atoms with Gasteiger partial charge in [-0.1, -0.05) is 12.8 Å². The molecular weight excluding hydrogens is 562 g/mol. The van der Waals surface area contributed by atoms with Crippen LogP contribution >= 0.6 is 0 Å². The average molecular weight is 574 g/mol. The highest BCUT2D eigenvalue weighted by Crippen LogP contribution is 2.30. The van der Waals surface area contributed by atoms with E-state index in [0.29, 0.717) is 0 Å². The van der Waals surface area contributed by atoms with Crippen molar-refractivity contribution in [2.45, 2.75) is 47.6 Å². The molecule has 2 aromatic carbocycles. The monoisotopic (exact) mass is 574 g/mol. The standard InChI is InChI=1S/C18H12F10N2O4S2/c19-7-9(21)13(25)17(14(26)10(7)22)35(31,32)29-5-3-1-2-4-6(5)30-36(33,34)18-15(27)11(23)8(20)12(24)16(18)28/h5-6,29-30H,1-4H2/t5-,6-/m1/s1. The molecule has 1 saturated carbocycles. The van der Waals surface area contributed by atoms with Gasteiger partial charge in [-0.2, -0.15) is 0 Å². The molecule has 18 heteroatoms. The fraction of sp³-hybridized carbons (Fsp3) is 0.333. The Bertz CT molecular complexity index is 1280. The second kappa shape index (κ2) is 9.79. The molecule has 2 N–H and O–H groups in total. The number of benzene rings is 2. The van der Waals surface area contributed by atoms with Crippen molar-refractivity contribution in [2.24, 2.45) is 0 Å². The summed E-state index contributed by atoms with van der Waals surface area (Å²) in [6.07, 6.45) is -0.381. The molecule has 200 valence electrons. The highest BCUT2D eigenvalue weighted by Gasteiger charge is 2.40. The predicted molar refractivity (Wildman–Crippen MR) is 99.2 cm³/mol. The van der Waals surface area contributed by atoms with Gasteiger partial charge in [0.2, 0.25) is 31.7 Å². The third-order valence-corrected chi connectivity index (χ3v) is 8.27. The number of sulfonamides is 2. The van der Waals surface area contributed by atoms with Crippen LogP contribution in [0.5, 0.6) is 0 Å². The van der Waals surface area contributed by atoms with Gasteiger partial charge in [-0.25, -0.2) is 70.2 Å². The van der Waals surface area contributed by atoms with E-state index in [1.54, 1.807) is 9.44 Å². The van der Waals surface area contributed by atoms with E-state index in [4.69, 9.17) is 0 Å². The minimum atomic E-state index is -5.57. The molecule has 2 aromatic rings. The molecule has 1 fully saturated rings. The van der Waals surface area contributed by atoms with Gasteiger partial charge >= 0.3 is 0 Å². The number of hydrogen-bond acceptors (Lipinski definition) is 4. The van der Waals surface area contributed by atoms with Crippen molar-refractivity contribution < 1.29 is 60.7 Å². The van der Waals surface area contributed by atoms with Crippen LogP contribution in [-0.4, -0.2) is 28.9 Å². The number of nitrogens with one attached hydrogen (secondary N) is 2. The number of halogens is 10. The molecule has 0 bridgehead atoms. The lowest BCUT2D eigenvalue weighted by Gasteiger charge is -2.32. The number of rotatable bonds is 6. The van der Waals surface area contributed by atoms with Crippen molar-refractivity contribution in [1.82, 2.24) is 9.44 Å². The first-order chi connectivity index (χ1) is 16.5. The van der Waals surface area contributed by atoms with Crippen LogP contribution in [0.4, 0.5) is 43.9 Å². The topological polar surface area (TPSA) is 92.3 Å². The van der Waals surface area contributed by atoms with Gasteiger partial charge in [-0.15, -0.1) is 0 Å². The van der Waals surface area contributed by atoms with E-state index in [9.17, 15) is 60.7 Å². The Balaban J connectivity index is 2.00. The van der Waals surface area contributed by atoms with Crippen LogP contribution in [0.15, 0.2) is 9.79 Å². The molecular formula is C18H12F10N2O4S2. The second-order valence-corrected chi connectivity index (χ2v) is 10.8. The van der Waals surface area contributed by atoms with E-state index in [0.717, 1.165) is 0 Å². The maximum Gasteiger partial charge on any atom is 0.246 e. The lowest BCUT2D eigenvalue weighted by atomic mass is 9.92. The summed E-state index contributed by atoms with van der Waals surface area (Å²) in [4.78, 5) is -4.54. The molecule has 1 aliphatic carbocycles. The summed E-state index contributed by atoms with van der Waals surface area (Å²) in [7, 11) is -11.1. The van der Waals surface area contributed by atoms with Crippen molar-refractivity contribution in [3.8, 4) is 0 Å². The molecule has 0 radical (unpaired) electrons. The maximum atomic E-state index is 14.0. The summed E-state index contributed by atoms with van der Waals surface area (Å²) in [5.41, 5.74) is 0. The van der Waals surface area contributed by atoms with Crippen molar-refractivity contribution in [1.29, 1.82) is 0 Å². The smallest absolute Gasteiger partial charge is 0.207 e. The lowest BCUT2D eigenvalue weighted by molar-refractivity contribution is 0.331. The van der Waals surface area contributed by atoms with Gasteiger partial charge in [-0.3, -0.25) is 0 Å². The molecule has 0 unspecified atom stereocenters. The van der Waals surface area contributed by atoms with Crippen LogP contribution in [0.1, 0.15) is 25.7 Å². The van der Waals surface area contributed by atoms with Crippen LogP contribution in [-0.2, 0) is 20.0 Å². The Labute approximate surface area is 196 Å². The molecule has 0 heterocycles. The molecule has 0 aliphatic heterocycles. The molecule has 0 spiro atoms. The third kappa shape index (κ3) is 4.78. The third-order valence-electron chi connectivity index (χ3n) is 5.26. The van der Waals surface area contributed by atoms with Gasteiger partial charge < -0.3 is 0 Å². The van der Waals surface area contributed by atoms with Crippen molar-refractivity contribution in [2.75, 3.05) is 0 Å². The van der Waals surface area contributed by atoms with Gasteiger partial charge in [-0.05, 0) is 12.8 Å². The van der Waals surface area contributed by atoms with E-state index in [2.05, 4.69) is 0 Å². The highest BCUT2D eigenvalue weighted by molar-refractivity contribution is 7.90. The Kier molecular flexibility index (Phi) is 7.65. The van der Waals surface area contributed by atoms with Crippen molar-refractivity contribution in [3.63, 3.8) is 0 Å². The number of hydrogen-bond donors (Lipinski definition) is 2. The Morgan fingerprint density at radius 2 is 0.667 bits per heavy atom. The zero-order valence-electron chi connectivity index (χ0n) is 17.2.